The van der Waals surface area contributed by atoms with Crippen LogP contribution in [0.1, 0.15) is 32.9 Å². The molecule has 0 bridgehead atoms. The number of rotatable bonds is 10. The summed E-state index contributed by atoms with van der Waals surface area (Å²) in [5.41, 5.74) is 0.922. The van der Waals surface area contributed by atoms with Gasteiger partial charge in [-0.15, -0.1) is 0 Å². The molecule has 114 valence electrons. The van der Waals surface area contributed by atoms with Crippen LogP contribution in [0.4, 0.5) is 5.82 Å². The van der Waals surface area contributed by atoms with Crippen molar-refractivity contribution in [1.29, 1.82) is 0 Å². The van der Waals surface area contributed by atoms with Gasteiger partial charge in [-0.05, 0) is 32.0 Å². The molecule has 0 amide bonds. The monoisotopic (exact) mass is 299 g/mol. The van der Waals surface area contributed by atoms with Crippen LogP contribution in [0.3, 0.4) is 0 Å². The maximum absolute atomic E-state index is 6.24. The number of aromatic nitrogens is 1. The van der Waals surface area contributed by atoms with E-state index in [0.29, 0.717) is 0 Å². The zero-order valence-corrected chi connectivity index (χ0v) is 13.5. The van der Waals surface area contributed by atoms with E-state index in [9.17, 15) is 0 Å². The smallest absolute Gasteiger partial charge is 0.126 e. The van der Waals surface area contributed by atoms with Crippen LogP contribution in [0, 0.1) is 0 Å². The lowest BCUT2D eigenvalue weighted by molar-refractivity contribution is 0.112. The summed E-state index contributed by atoms with van der Waals surface area (Å²) in [5.74, 6) is 0.895. The second-order valence-electron chi connectivity index (χ2n) is 4.62. The first kappa shape index (κ1) is 17.2. The van der Waals surface area contributed by atoms with Gasteiger partial charge in [-0.3, -0.25) is 4.90 Å². The molecule has 0 radical (unpaired) electrons. The number of pyridine rings is 1. The van der Waals surface area contributed by atoms with Gasteiger partial charge in [-0.2, -0.15) is 0 Å². The summed E-state index contributed by atoms with van der Waals surface area (Å²) in [4.78, 5) is 6.89. The Morgan fingerprint density at radius 3 is 2.75 bits per heavy atom. The third kappa shape index (κ3) is 6.07. The lowest BCUT2D eigenvalue weighted by atomic mass is 10.3. The lowest BCUT2D eigenvalue weighted by Gasteiger charge is -2.20. The predicted octanol–water partition coefficient (Wildman–Crippen LogP) is 3.42. The fourth-order valence-electron chi connectivity index (χ4n) is 1.85. The maximum Gasteiger partial charge on any atom is 0.126 e. The molecule has 1 N–H and O–H groups in total. The van der Waals surface area contributed by atoms with Crippen molar-refractivity contribution in [3.8, 4) is 0 Å². The standard InChI is InChI=1S/C15H26ClN3O/c1-4-9-17-15-8-7-13(16)14(18-15)12-19(5-2)10-11-20-6-3/h7-8H,4-6,9-12H2,1-3H3,(H,17,18). The molecule has 5 heteroatoms. The molecule has 1 rings (SSSR count). The Morgan fingerprint density at radius 2 is 2.10 bits per heavy atom. The molecule has 1 aromatic heterocycles. The summed E-state index contributed by atoms with van der Waals surface area (Å²) < 4.78 is 5.40. The number of nitrogens with one attached hydrogen (secondary N) is 1. The minimum atomic E-state index is 0.724. The highest BCUT2D eigenvalue weighted by Gasteiger charge is 2.09. The van der Waals surface area contributed by atoms with Crippen molar-refractivity contribution >= 4 is 17.4 Å². The van der Waals surface area contributed by atoms with Crippen LogP contribution >= 0.6 is 11.6 Å². The zero-order valence-electron chi connectivity index (χ0n) is 12.8. The number of anilines is 1. The molecule has 0 spiro atoms. The van der Waals surface area contributed by atoms with Gasteiger partial charge < -0.3 is 10.1 Å². The van der Waals surface area contributed by atoms with E-state index in [1.54, 1.807) is 0 Å². The van der Waals surface area contributed by atoms with Gasteiger partial charge in [0.2, 0.25) is 0 Å². The second-order valence-corrected chi connectivity index (χ2v) is 5.02. The van der Waals surface area contributed by atoms with Crippen LogP contribution in [-0.4, -0.2) is 42.7 Å². The summed E-state index contributed by atoms with van der Waals surface area (Å²) >= 11 is 6.24. The highest BCUT2D eigenvalue weighted by atomic mass is 35.5. The van der Waals surface area contributed by atoms with Gasteiger partial charge in [0.1, 0.15) is 5.82 Å². The van der Waals surface area contributed by atoms with Crippen LogP contribution in [0.2, 0.25) is 5.02 Å². The molecule has 4 nitrogen and oxygen atoms in total. The largest absolute Gasteiger partial charge is 0.380 e. The first-order valence-electron chi connectivity index (χ1n) is 7.40. The number of likely N-dealkylation sites (N-methyl/N-ethyl adjacent to an activating group) is 1. The summed E-state index contributed by atoms with van der Waals surface area (Å²) in [5, 5.41) is 4.02. The highest BCUT2D eigenvalue weighted by molar-refractivity contribution is 6.31. The van der Waals surface area contributed by atoms with Crippen molar-refractivity contribution in [2.75, 3.05) is 38.2 Å². The van der Waals surface area contributed by atoms with Crippen LogP contribution in [0.25, 0.3) is 0 Å². The molecule has 0 fully saturated rings. The normalized spacial score (nSPS) is 11.1. The average molecular weight is 300 g/mol. The molecular weight excluding hydrogens is 274 g/mol. The molecule has 0 unspecified atom stereocenters. The molecule has 0 saturated heterocycles. The van der Waals surface area contributed by atoms with E-state index in [4.69, 9.17) is 16.3 Å². The zero-order chi connectivity index (χ0) is 14.8. The maximum atomic E-state index is 6.24. The summed E-state index contributed by atoms with van der Waals surface area (Å²) in [7, 11) is 0. The SMILES string of the molecule is CCCNc1ccc(Cl)c(CN(CC)CCOCC)n1. The van der Waals surface area contributed by atoms with Crippen molar-refractivity contribution in [3.05, 3.63) is 22.8 Å². The Morgan fingerprint density at radius 1 is 1.30 bits per heavy atom. The van der Waals surface area contributed by atoms with Crippen molar-refractivity contribution in [2.45, 2.75) is 33.7 Å². The molecule has 0 aliphatic rings. The summed E-state index contributed by atoms with van der Waals surface area (Å²) in [6.45, 7) is 11.3. The molecule has 1 aromatic rings. The van der Waals surface area contributed by atoms with Crippen molar-refractivity contribution in [3.63, 3.8) is 0 Å². The Kier molecular flexibility index (Phi) is 8.58. The summed E-state index contributed by atoms with van der Waals surface area (Å²) in [6, 6.07) is 3.84. The second kappa shape index (κ2) is 9.97. The fourth-order valence-corrected chi connectivity index (χ4v) is 2.01. The number of ether oxygens (including phenoxy) is 1. The molecule has 20 heavy (non-hydrogen) atoms. The predicted molar refractivity (Wildman–Crippen MR) is 85.5 cm³/mol. The third-order valence-corrected chi connectivity index (χ3v) is 3.40. The Hall–Kier alpha value is -0.840. The van der Waals surface area contributed by atoms with Crippen LogP contribution in [0.15, 0.2) is 12.1 Å². The van der Waals surface area contributed by atoms with Gasteiger partial charge in [-0.25, -0.2) is 4.98 Å². The molecule has 0 aliphatic carbocycles. The first-order chi connectivity index (χ1) is 9.71. The third-order valence-electron chi connectivity index (χ3n) is 3.05. The van der Waals surface area contributed by atoms with Crippen LogP contribution in [-0.2, 0) is 11.3 Å². The van der Waals surface area contributed by atoms with Gasteiger partial charge in [0.05, 0.1) is 17.3 Å². The minimum absolute atomic E-state index is 0.724. The molecule has 0 aliphatic heterocycles. The molecule has 0 atom stereocenters. The van der Waals surface area contributed by atoms with E-state index in [-0.39, 0.29) is 0 Å². The molecule has 0 aromatic carbocycles. The Bertz CT molecular complexity index is 387. The van der Waals surface area contributed by atoms with Gasteiger partial charge in [0, 0.05) is 26.2 Å². The van der Waals surface area contributed by atoms with E-state index in [1.807, 2.05) is 19.1 Å². The number of hydrogen-bond donors (Lipinski definition) is 1. The minimum Gasteiger partial charge on any atom is -0.380 e. The van der Waals surface area contributed by atoms with Crippen molar-refractivity contribution in [2.24, 2.45) is 0 Å². The van der Waals surface area contributed by atoms with Crippen LogP contribution in [0.5, 0.6) is 0 Å². The first-order valence-corrected chi connectivity index (χ1v) is 7.78. The van der Waals surface area contributed by atoms with Crippen molar-refractivity contribution in [1.82, 2.24) is 9.88 Å². The molecular formula is C15H26ClN3O. The van der Waals surface area contributed by atoms with E-state index in [1.165, 1.54) is 0 Å². The van der Waals surface area contributed by atoms with Gasteiger partial charge in [-0.1, -0.05) is 25.4 Å². The fraction of sp³-hybridized carbons (Fsp3) is 0.667. The molecule has 1 heterocycles. The van der Waals surface area contributed by atoms with Gasteiger partial charge >= 0.3 is 0 Å². The van der Waals surface area contributed by atoms with E-state index >= 15 is 0 Å². The van der Waals surface area contributed by atoms with Crippen LogP contribution < -0.4 is 5.32 Å². The van der Waals surface area contributed by atoms with E-state index in [0.717, 1.165) is 62.3 Å². The van der Waals surface area contributed by atoms with Gasteiger partial charge in [0.15, 0.2) is 0 Å². The highest BCUT2D eigenvalue weighted by Crippen LogP contribution is 2.18. The topological polar surface area (TPSA) is 37.4 Å². The lowest BCUT2D eigenvalue weighted by Crippen LogP contribution is -2.27. The Balaban J connectivity index is 2.63. The quantitative estimate of drug-likeness (QED) is 0.672. The average Bonchev–Trinajstić information content (AvgIpc) is 2.46. The van der Waals surface area contributed by atoms with E-state index in [2.05, 4.69) is 29.0 Å². The summed E-state index contributed by atoms with van der Waals surface area (Å²) in [6.07, 6.45) is 1.08. The molecule has 0 saturated carbocycles. The van der Waals surface area contributed by atoms with Gasteiger partial charge in [0.25, 0.3) is 0 Å². The Labute approximate surface area is 127 Å². The number of nitrogens with zero attached hydrogens (tertiary/aromatic N) is 2. The number of hydrogen-bond acceptors (Lipinski definition) is 4. The van der Waals surface area contributed by atoms with Crippen molar-refractivity contribution < 1.29 is 4.74 Å². The van der Waals surface area contributed by atoms with E-state index < -0.39 is 0 Å². The number of halogens is 1.